The van der Waals surface area contributed by atoms with Gasteiger partial charge in [0, 0.05) is 11.1 Å². The molecule has 0 atom stereocenters. The minimum Gasteiger partial charge on any atom is -0.466 e. The predicted octanol–water partition coefficient (Wildman–Crippen LogP) is 7.50. The fourth-order valence-electron chi connectivity index (χ4n) is 1.70. The molecule has 0 N–H and O–H groups in total. The highest BCUT2D eigenvalue weighted by Gasteiger charge is 2.04. The molecule has 0 bridgehead atoms. The first-order valence-electron chi connectivity index (χ1n) is 10.7. The van der Waals surface area contributed by atoms with Crippen LogP contribution in [0.25, 0.3) is 6.08 Å². The zero-order valence-electron chi connectivity index (χ0n) is 20.5. The molecule has 32 heavy (non-hydrogen) atoms. The Hall–Kier alpha value is -3.14. The summed E-state index contributed by atoms with van der Waals surface area (Å²) in [7, 11) is 1.33. The maximum atomic E-state index is 11.1. The number of unbranched alkanes of at least 4 members (excludes halogenated alkanes) is 3. The first-order chi connectivity index (χ1) is 15.2. The predicted molar refractivity (Wildman–Crippen MR) is 138 cm³/mol. The Morgan fingerprint density at radius 1 is 0.906 bits per heavy atom. The highest BCUT2D eigenvalue weighted by atomic mass is 16.5. The molecule has 0 fully saturated rings. The highest BCUT2D eigenvalue weighted by molar-refractivity contribution is 5.87. The van der Waals surface area contributed by atoms with Gasteiger partial charge in [-0.25, -0.2) is 9.59 Å². The Labute approximate surface area is 196 Å². The Bertz CT molecular complexity index is 666. The second-order valence-electron chi connectivity index (χ2n) is 6.51. The molecule has 1 aromatic rings. The lowest BCUT2D eigenvalue weighted by atomic mass is 10.2. The van der Waals surface area contributed by atoms with Crippen molar-refractivity contribution in [3.8, 4) is 0 Å². The molecule has 0 heterocycles. The van der Waals surface area contributed by atoms with Gasteiger partial charge in [-0.05, 0) is 25.3 Å². The molecule has 1 aromatic carbocycles. The van der Waals surface area contributed by atoms with Gasteiger partial charge in [-0.2, -0.15) is 0 Å². The van der Waals surface area contributed by atoms with Crippen LogP contribution in [0.15, 0.2) is 86.5 Å². The number of esters is 2. The third-order valence-corrected chi connectivity index (χ3v) is 3.68. The Balaban J connectivity index is -0.000000380. The van der Waals surface area contributed by atoms with E-state index in [1.807, 2.05) is 43.3 Å². The standard InChI is InChI=1S/C11H20O2.C8H8.C5H8O2.C4H6/c1-4-6-7-8-9-13-11(12)10(3)5-2;1-2-8-6-4-3-5-7-8;1-4(2)5(6)7-3;1-3-4-2/h3-9H2,1-2H3;2-7H,1H2;1H2,2-3H3;3-4H,1-2H2. The molecule has 1 rings (SSSR count). The van der Waals surface area contributed by atoms with Crippen molar-refractivity contribution in [3.63, 3.8) is 0 Å². The molecule has 4 heteroatoms. The van der Waals surface area contributed by atoms with Crippen LogP contribution >= 0.6 is 0 Å². The van der Waals surface area contributed by atoms with Crippen LogP contribution in [-0.4, -0.2) is 25.7 Å². The van der Waals surface area contributed by atoms with Crippen molar-refractivity contribution in [1.82, 2.24) is 0 Å². The summed E-state index contributed by atoms with van der Waals surface area (Å²) in [5.41, 5.74) is 2.17. The molecule has 0 saturated carbocycles. The lowest BCUT2D eigenvalue weighted by Gasteiger charge is -2.04. The van der Waals surface area contributed by atoms with Gasteiger partial charge in [-0.1, -0.05) is 115 Å². The van der Waals surface area contributed by atoms with Crippen molar-refractivity contribution < 1.29 is 19.1 Å². The number of ether oxygens (including phenoxy) is 2. The molecule has 0 aliphatic carbocycles. The van der Waals surface area contributed by atoms with Gasteiger partial charge in [0.25, 0.3) is 0 Å². The number of hydrogen-bond acceptors (Lipinski definition) is 4. The van der Waals surface area contributed by atoms with Gasteiger partial charge in [0.05, 0.1) is 13.7 Å². The van der Waals surface area contributed by atoms with Crippen LogP contribution in [0.1, 0.15) is 58.4 Å². The van der Waals surface area contributed by atoms with E-state index in [0.717, 1.165) is 12.8 Å². The minimum absolute atomic E-state index is 0.237. The van der Waals surface area contributed by atoms with E-state index in [1.54, 1.807) is 19.1 Å². The molecule has 0 radical (unpaired) electrons. The minimum atomic E-state index is -0.347. The fourth-order valence-corrected chi connectivity index (χ4v) is 1.70. The van der Waals surface area contributed by atoms with Crippen molar-refractivity contribution >= 4 is 18.0 Å². The summed E-state index contributed by atoms with van der Waals surface area (Å²) in [4.78, 5) is 21.3. The van der Waals surface area contributed by atoms with Crippen molar-refractivity contribution in [2.45, 2.75) is 52.9 Å². The van der Waals surface area contributed by atoms with Gasteiger partial charge in [0.2, 0.25) is 0 Å². The number of methoxy groups -OCH3 is 1. The van der Waals surface area contributed by atoms with Gasteiger partial charge in [0.1, 0.15) is 0 Å². The van der Waals surface area contributed by atoms with Gasteiger partial charge < -0.3 is 9.47 Å². The Morgan fingerprint density at radius 3 is 1.78 bits per heavy atom. The summed E-state index contributed by atoms with van der Waals surface area (Å²) in [5, 5.41) is 0. The number of carbonyl (C=O) groups excluding carboxylic acids is 2. The topological polar surface area (TPSA) is 52.6 Å². The molecule has 0 aliphatic heterocycles. The quantitative estimate of drug-likeness (QED) is 0.163. The van der Waals surface area contributed by atoms with Crippen molar-refractivity contribution in [2.24, 2.45) is 0 Å². The summed E-state index contributed by atoms with van der Waals surface area (Å²) in [5.74, 6) is -0.584. The lowest BCUT2D eigenvalue weighted by Crippen LogP contribution is -2.07. The Morgan fingerprint density at radius 2 is 1.47 bits per heavy atom. The van der Waals surface area contributed by atoms with E-state index in [2.05, 4.69) is 44.6 Å². The molecule has 0 saturated heterocycles. The molecule has 0 aromatic heterocycles. The smallest absolute Gasteiger partial charge is 0.333 e. The van der Waals surface area contributed by atoms with E-state index < -0.39 is 0 Å². The molecule has 0 aliphatic rings. The summed E-state index contributed by atoms with van der Waals surface area (Å²) >= 11 is 0. The van der Waals surface area contributed by atoms with E-state index >= 15 is 0 Å². The summed E-state index contributed by atoms with van der Waals surface area (Å²) in [6.45, 7) is 23.5. The van der Waals surface area contributed by atoms with E-state index in [-0.39, 0.29) is 11.9 Å². The van der Waals surface area contributed by atoms with E-state index in [1.165, 1.54) is 25.5 Å². The molecular formula is C28H42O4. The highest BCUT2D eigenvalue weighted by Crippen LogP contribution is 2.03. The zero-order valence-corrected chi connectivity index (χ0v) is 20.5. The monoisotopic (exact) mass is 442 g/mol. The van der Waals surface area contributed by atoms with Crippen LogP contribution in [0.2, 0.25) is 0 Å². The molecule has 4 nitrogen and oxygen atoms in total. The SMILES string of the molecule is C=C(C)C(=O)OC.C=C(CC)C(=O)OCCCCCC.C=CC=C.C=Cc1ccccc1. The second-order valence-corrected chi connectivity index (χ2v) is 6.51. The zero-order chi connectivity index (χ0) is 25.2. The molecular weight excluding hydrogens is 400 g/mol. The molecule has 0 spiro atoms. The van der Waals surface area contributed by atoms with Crippen LogP contribution in [0.3, 0.4) is 0 Å². The Kier molecular flexibility index (Phi) is 27.1. The number of allylic oxidation sites excluding steroid dienone is 2. The third-order valence-electron chi connectivity index (χ3n) is 3.68. The third kappa shape index (κ3) is 24.9. The van der Waals surface area contributed by atoms with Crippen LogP contribution in [0.5, 0.6) is 0 Å². The van der Waals surface area contributed by atoms with E-state index in [0.29, 0.717) is 24.2 Å². The van der Waals surface area contributed by atoms with Gasteiger partial charge in [-0.15, -0.1) is 0 Å². The largest absolute Gasteiger partial charge is 0.466 e. The summed E-state index contributed by atoms with van der Waals surface area (Å²) < 4.78 is 9.28. The molecule has 178 valence electrons. The van der Waals surface area contributed by atoms with Gasteiger partial charge >= 0.3 is 11.9 Å². The van der Waals surface area contributed by atoms with Crippen LogP contribution < -0.4 is 0 Å². The lowest BCUT2D eigenvalue weighted by molar-refractivity contribution is -0.139. The van der Waals surface area contributed by atoms with Crippen LogP contribution in [0.4, 0.5) is 0 Å². The normalized spacial score (nSPS) is 8.38. The van der Waals surface area contributed by atoms with Crippen molar-refractivity contribution in [3.05, 3.63) is 92.1 Å². The number of carbonyl (C=O) groups is 2. The number of hydrogen-bond donors (Lipinski definition) is 0. The average Bonchev–Trinajstić information content (AvgIpc) is 2.83. The fraction of sp³-hybridized carbons (Fsp3) is 0.357. The van der Waals surface area contributed by atoms with Crippen molar-refractivity contribution in [1.29, 1.82) is 0 Å². The molecule has 0 unspecified atom stereocenters. The maximum absolute atomic E-state index is 11.1. The maximum Gasteiger partial charge on any atom is 0.333 e. The number of benzene rings is 1. The van der Waals surface area contributed by atoms with Gasteiger partial charge in [-0.3, -0.25) is 0 Å². The van der Waals surface area contributed by atoms with Crippen molar-refractivity contribution in [2.75, 3.05) is 13.7 Å². The van der Waals surface area contributed by atoms with E-state index in [9.17, 15) is 9.59 Å². The summed E-state index contributed by atoms with van der Waals surface area (Å²) in [6.07, 6.45) is 10.3. The average molecular weight is 443 g/mol. The number of rotatable bonds is 10. The second kappa shape index (κ2) is 25.9. The molecule has 0 amide bonds. The van der Waals surface area contributed by atoms with Crippen LogP contribution in [-0.2, 0) is 19.1 Å². The summed E-state index contributed by atoms with van der Waals surface area (Å²) in [6, 6.07) is 10.0. The first-order valence-corrected chi connectivity index (χ1v) is 10.7. The first kappa shape index (κ1) is 33.5. The van der Waals surface area contributed by atoms with Gasteiger partial charge in [0.15, 0.2) is 0 Å². The van der Waals surface area contributed by atoms with Crippen LogP contribution in [0, 0.1) is 0 Å². The van der Waals surface area contributed by atoms with E-state index in [4.69, 9.17) is 4.74 Å².